The zero-order valence-corrected chi connectivity index (χ0v) is 13.4. The molecule has 3 aromatic rings. The molecule has 0 saturated carbocycles. The zero-order valence-electron chi connectivity index (χ0n) is 13.4. The average molecular weight is 329 g/mol. The van der Waals surface area contributed by atoms with E-state index in [9.17, 15) is 10.1 Å². The van der Waals surface area contributed by atoms with E-state index in [0.29, 0.717) is 12.3 Å². The molecule has 0 aliphatic rings. The summed E-state index contributed by atoms with van der Waals surface area (Å²) in [7, 11) is 0. The van der Waals surface area contributed by atoms with Crippen molar-refractivity contribution < 1.29 is 9.21 Å². The van der Waals surface area contributed by atoms with Crippen LogP contribution in [0.3, 0.4) is 0 Å². The molecule has 5 nitrogen and oxygen atoms in total. The van der Waals surface area contributed by atoms with Crippen molar-refractivity contribution in [1.29, 1.82) is 5.26 Å². The quantitative estimate of drug-likeness (QED) is 0.444. The molecule has 0 radical (unpaired) electrons. The third-order valence-corrected chi connectivity index (χ3v) is 3.75. The summed E-state index contributed by atoms with van der Waals surface area (Å²) in [5.74, 6) is 2.77. The second kappa shape index (κ2) is 7.25. The van der Waals surface area contributed by atoms with E-state index in [0.717, 1.165) is 16.5 Å². The molecule has 3 rings (SSSR count). The van der Waals surface area contributed by atoms with E-state index in [-0.39, 0.29) is 12.1 Å². The number of hydrogen-bond acceptors (Lipinski definition) is 3. The number of benzene rings is 1. The van der Waals surface area contributed by atoms with Gasteiger partial charge >= 0.3 is 0 Å². The van der Waals surface area contributed by atoms with Crippen molar-refractivity contribution in [1.82, 2.24) is 9.88 Å². The van der Waals surface area contributed by atoms with Crippen molar-refractivity contribution in [2.45, 2.75) is 13.1 Å². The highest BCUT2D eigenvalue weighted by molar-refractivity contribution is 6.04. The fourth-order valence-electron chi connectivity index (χ4n) is 2.60. The molecule has 0 fully saturated rings. The number of hydrogen-bond donors (Lipinski definition) is 1. The van der Waals surface area contributed by atoms with Gasteiger partial charge < -0.3 is 14.3 Å². The van der Waals surface area contributed by atoms with Gasteiger partial charge in [-0.3, -0.25) is 4.79 Å². The Kier molecular flexibility index (Phi) is 4.69. The Balaban J connectivity index is 1.89. The number of para-hydroxylation sites is 1. The van der Waals surface area contributed by atoms with E-state index in [1.165, 1.54) is 6.26 Å². The van der Waals surface area contributed by atoms with Crippen LogP contribution in [0.4, 0.5) is 0 Å². The molecule has 5 heteroatoms. The van der Waals surface area contributed by atoms with E-state index in [1.54, 1.807) is 18.2 Å². The number of carbonyl (C=O) groups excluding carboxylic acids is 1. The minimum atomic E-state index is -0.451. The van der Waals surface area contributed by atoms with Crippen LogP contribution in [0.5, 0.6) is 0 Å². The molecule has 0 aliphatic heterocycles. The van der Waals surface area contributed by atoms with Crippen LogP contribution < -0.4 is 5.32 Å². The van der Waals surface area contributed by atoms with Gasteiger partial charge in [-0.05, 0) is 24.3 Å². The Morgan fingerprint density at radius 2 is 2.16 bits per heavy atom. The first kappa shape index (κ1) is 16.2. The Bertz CT molecular complexity index is 1010. The first-order valence-corrected chi connectivity index (χ1v) is 7.66. The van der Waals surface area contributed by atoms with Crippen LogP contribution in [0.1, 0.15) is 11.3 Å². The summed E-state index contributed by atoms with van der Waals surface area (Å²) in [5.41, 5.74) is 1.76. The number of aromatic nitrogens is 1. The van der Waals surface area contributed by atoms with E-state index in [1.807, 2.05) is 41.1 Å². The van der Waals surface area contributed by atoms with Crippen LogP contribution in [-0.4, -0.2) is 10.5 Å². The maximum absolute atomic E-state index is 12.3. The summed E-state index contributed by atoms with van der Waals surface area (Å²) in [6.07, 6.45) is 10.4. The third-order valence-electron chi connectivity index (χ3n) is 3.75. The van der Waals surface area contributed by atoms with Gasteiger partial charge in [0.25, 0.3) is 5.91 Å². The number of carbonyl (C=O) groups is 1. The maximum Gasteiger partial charge on any atom is 0.262 e. The van der Waals surface area contributed by atoms with Crippen molar-refractivity contribution in [3.8, 4) is 18.4 Å². The first-order chi connectivity index (χ1) is 12.2. The molecule has 1 aromatic carbocycles. The standard InChI is InChI=1S/C20H15N3O2/c1-2-9-23-14-16(18-7-3-4-8-19(18)23)11-15(12-21)20(24)22-13-17-6-5-10-25-17/h1,3-8,10-11,14H,9,13H2,(H,22,24). The number of amides is 1. The lowest BCUT2D eigenvalue weighted by Crippen LogP contribution is -2.23. The van der Waals surface area contributed by atoms with Gasteiger partial charge in [0.1, 0.15) is 17.4 Å². The fourth-order valence-corrected chi connectivity index (χ4v) is 2.60. The number of fused-ring (bicyclic) bond motifs is 1. The average Bonchev–Trinajstić information content (AvgIpc) is 3.27. The van der Waals surface area contributed by atoms with Gasteiger partial charge in [0.05, 0.1) is 19.4 Å². The Hall–Kier alpha value is -3.70. The van der Waals surface area contributed by atoms with Crippen LogP contribution in [0.25, 0.3) is 17.0 Å². The van der Waals surface area contributed by atoms with Crippen molar-refractivity contribution in [2.75, 3.05) is 0 Å². The van der Waals surface area contributed by atoms with Gasteiger partial charge in [-0.25, -0.2) is 0 Å². The summed E-state index contributed by atoms with van der Waals surface area (Å²) in [4.78, 5) is 12.3. The van der Waals surface area contributed by atoms with Gasteiger partial charge in [0.15, 0.2) is 0 Å². The minimum Gasteiger partial charge on any atom is -0.467 e. The van der Waals surface area contributed by atoms with Crippen LogP contribution in [0.2, 0.25) is 0 Å². The molecule has 0 atom stereocenters. The number of nitriles is 1. The minimum absolute atomic E-state index is 0.0233. The molecule has 0 spiro atoms. The van der Waals surface area contributed by atoms with Gasteiger partial charge in [0.2, 0.25) is 0 Å². The third kappa shape index (κ3) is 3.46. The highest BCUT2D eigenvalue weighted by atomic mass is 16.3. The Morgan fingerprint density at radius 3 is 2.88 bits per heavy atom. The number of nitrogens with zero attached hydrogens (tertiary/aromatic N) is 2. The highest BCUT2D eigenvalue weighted by Crippen LogP contribution is 2.23. The molecule has 25 heavy (non-hydrogen) atoms. The summed E-state index contributed by atoms with van der Waals surface area (Å²) < 4.78 is 7.08. The molecule has 1 amide bonds. The molecule has 0 bridgehead atoms. The van der Waals surface area contributed by atoms with Crippen LogP contribution in [0, 0.1) is 23.7 Å². The number of nitrogens with one attached hydrogen (secondary N) is 1. The normalized spacial score (nSPS) is 11.0. The van der Waals surface area contributed by atoms with Gasteiger partial charge in [-0.1, -0.05) is 24.1 Å². The van der Waals surface area contributed by atoms with E-state index in [4.69, 9.17) is 10.8 Å². The lowest BCUT2D eigenvalue weighted by molar-refractivity contribution is -0.117. The topological polar surface area (TPSA) is 71.0 Å². The monoisotopic (exact) mass is 329 g/mol. The lowest BCUT2D eigenvalue weighted by atomic mass is 10.1. The number of rotatable bonds is 5. The van der Waals surface area contributed by atoms with Crippen molar-refractivity contribution in [2.24, 2.45) is 0 Å². The maximum atomic E-state index is 12.3. The zero-order chi connectivity index (χ0) is 17.6. The van der Waals surface area contributed by atoms with Crippen LogP contribution >= 0.6 is 0 Å². The fraction of sp³-hybridized carbons (Fsp3) is 0.100. The predicted octanol–water partition coefficient (Wildman–Crippen LogP) is 3.09. The van der Waals surface area contributed by atoms with Crippen molar-refractivity contribution in [3.05, 3.63) is 65.8 Å². The predicted molar refractivity (Wildman–Crippen MR) is 94.9 cm³/mol. The van der Waals surface area contributed by atoms with Crippen molar-refractivity contribution >= 4 is 22.9 Å². The first-order valence-electron chi connectivity index (χ1n) is 7.66. The molecule has 122 valence electrons. The molecule has 1 N–H and O–H groups in total. The van der Waals surface area contributed by atoms with Gasteiger partial charge in [-0.2, -0.15) is 5.26 Å². The second-order valence-electron chi connectivity index (χ2n) is 5.37. The molecule has 0 aliphatic carbocycles. The number of terminal acetylenes is 1. The SMILES string of the molecule is C#CCn1cc(C=C(C#N)C(=O)NCc2ccco2)c2ccccc21. The molecular formula is C20H15N3O2. The summed E-state index contributed by atoms with van der Waals surface area (Å²) in [6, 6.07) is 13.2. The van der Waals surface area contributed by atoms with Crippen LogP contribution in [0.15, 0.2) is 58.8 Å². The molecule has 2 aromatic heterocycles. The van der Waals surface area contributed by atoms with E-state index < -0.39 is 5.91 Å². The molecule has 0 unspecified atom stereocenters. The largest absolute Gasteiger partial charge is 0.467 e. The van der Waals surface area contributed by atoms with E-state index >= 15 is 0 Å². The highest BCUT2D eigenvalue weighted by Gasteiger charge is 2.12. The number of furan rings is 1. The molecular weight excluding hydrogens is 314 g/mol. The molecule has 0 saturated heterocycles. The van der Waals surface area contributed by atoms with Gasteiger partial charge in [-0.15, -0.1) is 6.42 Å². The van der Waals surface area contributed by atoms with Gasteiger partial charge in [0, 0.05) is 22.7 Å². The van der Waals surface area contributed by atoms with Crippen molar-refractivity contribution in [3.63, 3.8) is 0 Å². The summed E-state index contributed by atoms with van der Waals surface area (Å²) >= 11 is 0. The molecule has 2 heterocycles. The Morgan fingerprint density at radius 1 is 1.32 bits per heavy atom. The summed E-state index contributed by atoms with van der Waals surface area (Å²) in [5, 5.41) is 13.0. The second-order valence-corrected chi connectivity index (χ2v) is 5.37. The Labute approximate surface area is 145 Å². The lowest BCUT2D eigenvalue weighted by Gasteiger charge is -2.01. The smallest absolute Gasteiger partial charge is 0.262 e. The summed E-state index contributed by atoms with van der Waals surface area (Å²) in [6.45, 7) is 0.643. The van der Waals surface area contributed by atoms with Crippen LogP contribution in [-0.2, 0) is 17.9 Å². The van der Waals surface area contributed by atoms with E-state index in [2.05, 4.69) is 11.2 Å².